The van der Waals surface area contributed by atoms with Crippen LogP contribution in [0, 0.1) is 0 Å². The molecule has 7 heteroatoms. The van der Waals surface area contributed by atoms with E-state index in [1.807, 2.05) is 5.38 Å². The molecule has 1 aliphatic carbocycles. The summed E-state index contributed by atoms with van der Waals surface area (Å²) >= 11 is 1.39. The fraction of sp³-hybridized carbons (Fsp3) is 0.583. The van der Waals surface area contributed by atoms with Crippen LogP contribution in [-0.4, -0.2) is 34.1 Å². The van der Waals surface area contributed by atoms with Crippen molar-refractivity contribution in [1.29, 1.82) is 0 Å². The highest BCUT2D eigenvalue weighted by atomic mass is 32.1. The second kappa shape index (κ2) is 6.01. The molecule has 6 nitrogen and oxygen atoms in total. The Morgan fingerprint density at radius 3 is 2.95 bits per heavy atom. The van der Waals surface area contributed by atoms with Gasteiger partial charge >= 0.3 is 5.97 Å². The number of aryl methyl sites for hydroxylation is 1. The fourth-order valence-electron chi connectivity index (χ4n) is 1.53. The molecule has 2 rings (SSSR count). The zero-order valence-corrected chi connectivity index (χ0v) is 11.5. The zero-order chi connectivity index (χ0) is 13.8. The largest absolute Gasteiger partial charge is 0.481 e. The van der Waals surface area contributed by atoms with Crippen molar-refractivity contribution >= 4 is 28.3 Å². The minimum Gasteiger partial charge on any atom is -0.481 e. The van der Waals surface area contributed by atoms with E-state index in [1.54, 1.807) is 6.92 Å². The fourth-order valence-corrected chi connectivity index (χ4v) is 2.36. The summed E-state index contributed by atoms with van der Waals surface area (Å²) in [5.74, 6) is -0.857. The molecule has 1 saturated carbocycles. The second-order valence-electron chi connectivity index (χ2n) is 4.69. The topological polar surface area (TPSA) is 91.3 Å². The Morgan fingerprint density at radius 1 is 1.58 bits per heavy atom. The van der Waals surface area contributed by atoms with E-state index in [0.29, 0.717) is 17.6 Å². The predicted octanol–water partition coefficient (Wildman–Crippen LogP) is 1.24. The molecule has 1 fully saturated rings. The van der Waals surface area contributed by atoms with E-state index in [2.05, 4.69) is 15.6 Å². The maximum atomic E-state index is 11.7. The number of aliphatic carboxylic acids is 1. The Labute approximate surface area is 115 Å². The van der Waals surface area contributed by atoms with Gasteiger partial charge < -0.3 is 15.7 Å². The summed E-state index contributed by atoms with van der Waals surface area (Å²) in [6, 6.07) is 0.0123. The summed E-state index contributed by atoms with van der Waals surface area (Å²) in [6.45, 7) is 1.79. The van der Waals surface area contributed by atoms with Gasteiger partial charge in [0.25, 0.3) is 0 Å². The molecule has 1 aliphatic rings. The molecule has 0 bridgehead atoms. The molecule has 1 atom stereocenters. The van der Waals surface area contributed by atoms with Crippen molar-refractivity contribution in [1.82, 2.24) is 10.3 Å². The molecule has 104 valence electrons. The van der Waals surface area contributed by atoms with Gasteiger partial charge in [-0.25, -0.2) is 4.98 Å². The average molecular weight is 283 g/mol. The van der Waals surface area contributed by atoms with Crippen molar-refractivity contribution in [2.75, 3.05) is 5.32 Å². The Hall–Kier alpha value is -1.63. The van der Waals surface area contributed by atoms with Crippen molar-refractivity contribution in [3.05, 3.63) is 11.1 Å². The van der Waals surface area contributed by atoms with Crippen LogP contribution in [0.1, 0.15) is 31.9 Å². The first-order valence-corrected chi connectivity index (χ1v) is 7.15. The lowest BCUT2D eigenvalue weighted by Crippen LogP contribution is -2.38. The van der Waals surface area contributed by atoms with Gasteiger partial charge in [-0.15, -0.1) is 11.3 Å². The number of rotatable bonds is 7. The van der Waals surface area contributed by atoms with E-state index in [1.165, 1.54) is 11.3 Å². The summed E-state index contributed by atoms with van der Waals surface area (Å²) < 4.78 is 0. The van der Waals surface area contributed by atoms with E-state index >= 15 is 0 Å². The van der Waals surface area contributed by atoms with Crippen LogP contribution in [0.4, 0.5) is 5.13 Å². The number of anilines is 1. The van der Waals surface area contributed by atoms with E-state index in [0.717, 1.165) is 18.5 Å². The van der Waals surface area contributed by atoms with Crippen molar-refractivity contribution in [2.45, 2.75) is 44.7 Å². The van der Waals surface area contributed by atoms with E-state index in [9.17, 15) is 9.59 Å². The average Bonchev–Trinajstić information content (AvgIpc) is 3.05. The smallest absolute Gasteiger partial charge is 0.303 e. The van der Waals surface area contributed by atoms with Gasteiger partial charge in [-0.2, -0.15) is 0 Å². The molecular formula is C12H17N3O3S. The standard InChI is InChI=1S/C12H17N3O3S/c1-7(11(18)14-8-2-3-8)13-12-15-9(6-19-12)4-5-10(16)17/h6-8H,2-5H2,1H3,(H,13,15)(H,14,18)(H,16,17). The van der Waals surface area contributed by atoms with Gasteiger partial charge in [0.1, 0.15) is 6.04 Å². The number of aromatic nitrogens is 1. The van der Waals surface area contributed by atoms with Crippen LogP contribution in [0.15, 0.2) is 5.38 Å². The third kappa shape index (κ3) is 4.51. The molecule has 0 aromatic carbocycles. The monoisotopic (exact) mass is 283 g/mol. The molecule has 1 aromatic heterocycles. The van der Waals surface area contributed by atoms with Crippen LogP contribution in [0.25, 0.3) is 0 Å². The summed E-state index contributed by atoms with van der Waals surface area (Å²) in [4.78, 5) is 26.5. The lowest BCUT2D eigenvalue weighted by molar-refractivity contribution is -0.137. The van der Waals surface area contributed by atoms with E-state index < -0.39 is 5.97 Å². The molecule has 1 aromatic rings. The first kappa shape index (κ1) is 13.8. The molecular weight excluding hydrogens is 266 g/mol. The number of amides is 1. The molecule has 0 spiro atoms. The molecule has 1 unspecified atom stereocenters. The van der Waals surface area contributed by atoms with Crippen LogP contribution in [0.5, 0.6) is 0 Å². The quantitative estimate of drug-likeness (QED) is 0.700. The Kier molecular flexibility index (Phi) is 4.36. The third-order valence-electron chi connectivity index (χ3n) is 2.80. The number of nitrogens with zero attached hydrogens (tertiary/aromatic N) is 1. The zero-order valence-electron chi connectivity index (χ0n) is 10.7. The van der Waals surface area contributed by atoms with Crippen LogP contribution >= 0.6 is 11.3 Å². The maximum absolute atomic E-state index is 11.7. The number of carboxylic acids is 1. The Morgan fingerprint density at radius 2 is 2.32 bits per heavy atom. The molecule has 19 heavy (non-hydrogen) atoms. The van der Waals surface area contributed by atoms with Gasteiger partial charge in [0.2, 0.25) is 5.91 Å². The first-order chi connectivity index (χ1) is 9.04. The highest BCUT2D eigenvalue weighted by Gasteiger charge is 2.25. The van der Waals surface area contributed by atoms with Crippen LogP contribution in [0.2, 0.25) is 0 Å². The van der Waals surface area contributed by atoms with Gasteiger partial charge in [-0.05, 0) is 19.8 Å². The minimum absolute atomic E-state index is 0.0233. The van der Waals surface area contributed by atoms with Crippen LogP contribution < -0.4 is 10.6 Å². The van der Waals surface area contributed by atoms with Crippen LogP contribution in [-0.2, 0) is 16.0 Å². The molecule has 1 heterocycles. The molecule has 3 N–H and O–H groups in total. The highest BCUT2D eigenvalue weighted by Crippen LogP contribution is 2.20. The highest BCUT2D eigenvalue weighted by molar-refractivity contribution is 7.13. The molecule has 0 radical (unpaired) electrons. The SMILES string of the molecule is CC(Nc1nc(CCC(=O)O)cs1)C(=O)NC1CC1. The summed E-state index contributed by atoms with van der Waals surface area (Å²) in [5, 5.41) is 17.0. The number of carbonyl (C=O) groups is 2. The Bertz CT molecular complexity index is 471. The van der Waals surface area contributed by atoms with Gasteiger partial charge in [0, 0.05) is 17.8 Å². The van der Waals surface area contributed by atoms with Crippen molar-refractivity contribution in [2.24, 2.45) is 0 Å². The summed E-state index contributed by atoms with van der Waals surface area (Å²) in [7, 11) is 0. The maximum Gasteiger partial charge on any atom is 0.303 e. The summed E-state index contributed by atoms with van der Waals surface area (Å²) in [5.41, 5.74) is 0.740. The van der Waals surface area contributed by atoms with Gasteiger partial charge in [-0.1, -0.05) is 0 Å². The number of carboxylic acid groups (broad SMARTS) is 1. The predicted molar refractivity (Wildman–Crippen MR) is 72.3 cm³/mol. The molecule has 0 saturated heterocycles. The number of thiazole rings is 1. The second-order valence-corrected chi connectivity index (χ2v) is 5.54. The molecule has 1 amide bonds. The number of hydrogen-bond acceptors (Lipinski definition) is 5. The lowest BCUT2D eigenvalue weighted by Gasteiger charge is -2.12. The van der Waals surface area contributed by atoms with Crippen molar-refractivity contribution < 1.29 is 14.7 Å². The third-order valence-corrected chi connectivity index (χ3v) is 3.63. The van der Waals surface area contributed by atoms with Crippen molar-refractivity contribution in [3.8, 4) is 0 Å². The Balaban J connectivity index is 1.80. The normalized spacial score (nSPS) is 15.8. The first-order valence-electron chi connectivity index (χ1n) is 6.27. The van der Waals surface area contributed by atoms with E-state index in [4.69, 9.17) is 5.11 Å². The summed E-state index contributed by atoms with van der Waals surface area (Å²) in [6.07, 6.45) is 2.61. The van der Waals surface area contributed by atoms with E-state index in [-0.39, 0.29) is 18.4 Å². The lowest BCUT2D eigenvalue weighted by atomic mass is 10.2. The van der Waals surface area contributed by atoms with Crippen molar-refractivity contribution in [3.63, 3.8) is 0 Å². The minimum atomic E-state index is -0.834. The van der Waals surface area contributed by atoms with Gasteiger partial charge in [0.15, 0.2) is 5.13 Å². The molecule has 0 aliphatic heterocycles. The van der Waals surface area contributed by atoms with Gasteiger partial charge in [0.05, 0.1) is 12.1 Å². The number of hydrogen-bond donors (Lipinski definition) is 3. The van der Waals surface area contributed by atoms with Crippen LogP contribution in [0.3, 0.4) is 0 Å². The number of carbonyl (C=O) groups excluding carboxylic acids is 1. The number of nitrogens with one attached hydrogen (secondary N) is 2. The van der Waals surface area contributed by atoms with Gasteiger partial charge in [-0.3, -0.25) is 9.59 Å².